The highest BCUT2D eigenvalue weighted by molar-refractivity contribution is 5.64. The highest BCUT2D eigenvalue weighted by atomic mass is 16.5. The van der Waals surface area contributed by atoms with E-state index < -0.39 is 5.56 Å². The molecule has 1 aliphatic heterocycles. The summed E-state index contributed by atoms with van der Waals surface area (Å²) >= 11 is 0. The van der Waals surface area contributed by atoms with Gasteiger partial charge in [-0.1, -0.05) is 0 Å². The number of aromatic nitrogens is 1. The van der Waals surface area contributed by atoms with Gasteiger partial charge in [0.2, 0.25) is 0 Å². The Morgan fingerprint density at radius 2 is 1.90 bits per heavy atom. The molecule has 0 amide bonds. The number of ether oxygens (including phenoxy) is 2. The number of hydrogen-bond donors (Lipinski definition) is 1. The first-order chi connectivity index (χ1) is 9.78. The van der Waals surface area contributed by atoms with Crippen LogP contribution in [-0.4, -0.2) is 18.2 Å². The normalized spacial score (nSPS) is 13.3. The second-order valence-electron chi connectivity index (χ2n) is 4.44. The highest BCUT2D eigenvalue weighted by Gasteiger charge is 2.12. The molecule has 0 spiro atoms. The maximum Gasteiger partial charge on any atom is 0.266 e. The minimum atomic E-state index is -0.392. The maximum absolute atomic E-state index is 11.7. The number of fused-ring (bicyclic) bond motifs is 1. The monoisotopic (exact) mass is 268 g/mol. The van der Waals surface area contributed by atoms with Crippen molar-refractivity contribution >= 4 is 0 Å². The number of nitrogens with zero attached hydrogens (tertiary/aromatic N) is 1. The Balaban J connectivity index is 2.03. The van der Waals surface area contributed by atoms with Crippen molar-refractivity contribution < 1.29 is 9.47 Å². The number of nitriles is 1. The number of aromatic amines is 1. The fourth-order valence-electron chi connectivity index (χ4n) is 2.06. The molecule has 0 radical (unpaired) electrons. The average molecular weight is 268 g/mol. The van der Waals surface area contributed by atoms with Gasteiger partial charge in [0.05, 0.1) is 13.2 Å². The van der Waals surface area contributed by atoms with Crippen molar-refractivity contribution in [2.75, 3.05) is 13.2 Å². The molecule has 1 aromatic heterocycles. The topological polar surface area (TPSA) is 75.1 Å². The number of H-pyrrole nitrogens is 1. The summed E-state index contributed by atoms with van der Waals surface area (Å²) in [6.07, 6.45) is 0.845. The van der Waals surface area contributed by atoms with Gasteiger partial charge in [-0.05, 0) is 30.3 Å². The molecule has 0 aliphatic carbocycles. The van der Waals surface area contributed by atoms with E-state index in [1.807, 2.05) is 24.3 Å². The summed E-state index contributed by atoms with van der Waals surface area (Å²) in [6.45, 7) is 1.25. The Labute approximate surface area is 115 Å². The van der Waals surface area contributed by atoms with Crippen molar-refractivity contribution in [3.05, 3.63) is 46.2 Å². The molecule has 2 aromatic rings. The van der Waals surface area contributed by atoms with Gasteiger partial charge in [-0.3, -0.25) is 4.79 Å². The van der Waals surface area contributed by atoms with E-state index in [1.54, 1.807) is 6.07 Å². The highest BCUT2D eigenvalue weighted by Crippen LogP contribution is 2.33. The molecule has 0 bridgehead atoms. The van der Waals surface area contributed by atoms with E-state index in [1.165, 1.54) is 6.07 Å². The number of hydrogen-bond acceptors (Lipinski definition) is 4. The predicted molar refractivity (Wildman–Crippen MR) is 72.8 cm³/mol. The Kier molecular flexibility index (Phi) is 3.13. The summed E-state index contributed by atoms with van der Waals surface area (Å²) in [4.78, 5) is 14.3. The van der Waals surface area contributed by atoms with Crippen molar-refractivity contribution in [2.24, 2.45) is 0 Å². The molecule has 0 saturated carbocycles. The van der Waals surface area contributed by atoms with Crippen LogP contribution in [0.25, 0.3) is 11.3 Å². The Bertz CT molecular complexity index is 744. The van der Waals surface area contributed by atoms with Gasteiger partial charge < -0.3 is 14.5 Å². The van der Waals surface area contributed by atoms with Crippen molar-refractivity contribution in [2.45, 2.75) is 6.42 Å². The molecule has 0 fully saturated rings. The fraction of sp³-hybridized carbons (Fsp3) is 0.200. The van der Waals surface area contributed by atoms with E-state index in [4.69, 9.17) is 14.7 Å². The minimum Gasteiger partial charge on any atom is -0.490 e. The van der Waals surface area contributed by atoms with Gasteiger partial charge in [-0.25, -0.2) is 0 Å². The lowest BCUT2D eigenvalue weighted by molar-refractivity contribution is 0.297. The molecule has 5 nitrogen and oxygen atoms in total. The van der Waals surface area contributed by atoms with Gasteiger partial charge in [0.25, 0.3) is 5.56 Å². The van der Waals surface area contributed by atoms with Crippen LogP contribution in [0.4, 0.5) is 0 Å². The Morgan fingerprint density at radius 1 is 1.10 bits per heavy atom. The molecule has 3 rings (SSSR count). The van der Waals surface area contributed by atoms with Crippen molar-refractivity contribution in [3.8, 4) is 28.8 Å². The second-order valence-corrected chi connectivity index (χ2v) is 4.44. The number of pyridine rings is 1. The summed E-state index contributed by atoms with van der Waals surface area (Å²) in [5.74, 6) is 1.38. The maximum atomic E-state index is 11.7. The molecular weight excluding hydrogens is 256 g/mol. The lowest BCUT2D eigenvalue weighted by atomic mass is 10.1. The SMILES string of the molecule is N#Cc1ccc(-c2ccc3c(c2)OCCCO3)[nH]c1=O. The van der Waals surface area contributed by atoms with Crippen LogP contribution < -0.4 is 15.0 Å². The van der Waals surface area contributed by atoms with E-state index in [-0.39, 0.29) is 5.56 Å². The van der Waals surface area contributed by atoms with Crippen LogP contribution in [0.15, 0.2) is 35.1 Å². The third kappa shape index (κ3) is 2.24. The number of nitrogens with one attached hydrogen (secondary N) is 1. The van der Waals surface area contributed by atoms with Gasteiger partial charge in [0.15, 0.2) is 11.5 Å². The Hall–Kier alpha value is -2.74. The zero-order chi connectivity index (χ0) is 13.9. The van der Waals surface area contributed by atoms with Gasteiger partial charge in [-0.2, -0.15) is 5.26 Å². The Morgan fingerprint density at radius 3 is 2.65 bits per heavy atom. The fourth-order valence-corrected chi connectivity index (χ4v) is 2.06. The molecule has 0 atom stereocenters. The molecule has 1 N–H and O–H groups in total. The second kappa shape index (κ2) is 5.10. The van der Waals surface area contributed by atoms with Gasteiger partial charge >= 0.3 is 0 Å². The number of rotatable bonds is 1. The number of benzene rings is 1. The van der Waals surface area contributed by atoms with Crippen LogP contribution in [0.3, 0.4) is 0 Å². The van der Waals surface area contributed by atoms with Gasteiger partial charge in [0.1, 0.15) is 11.6 Å². The van der Waals surface area contributed by atoms with Crippen LogP contribution in [0.1, 0.15) is 12.0 Å². The first kappa shape index (κ1) is 12.3. The van der Waals surface area contributed by atoms with Gasteiger partial charge in [-0.15, -0.1) is 0 Å². The largest absolute Gasteiger partial charge is 0.490 e. The minimum absolute atomic E-state index is 0.100. The van der Waals surface area contributed by atoms with Crippen LogP contribution in [0.5, 0.6) is 11.5 Å². The summed E-state index contributed by atoms with van der Waals surface area (Å²) in [5.41, 5.74) is 1.17. The summed E-state index contributed by atoms with van der Waals surface area (Å²) in [7, 11) is 0. The summed E-state index contributed by atoms with van der Waals surface area (Å²) in [5, 5.41) is 8.76. The zero-order valence-electron chi connectivity index (χ0n) is 10.7. The van der Waals surface area contributed by atoms with E-state index in [0.717, 1.165) is 12.0 Å². The molecule has 0 saturated heterocycles. The molecule has 100 valence electrons. The zero-order valence-corrected chi connectivity index (χ0v) is 10.7. The summed E-state index contributed by atoms with van der Waals surface area (Å²) in [6, 6.07) is 10.6. The third-order valence-corrected chi connectivity index (χ3v) is 3.09. The summed E-state index contributed by atoms with van der Waals surface area (Å²) < 4.78 is 11.2. The van der Waals surface area contributed by atoms with E-state index in [9.17, 15) is 4.79 Å². The smallest absolute Gasteiger partial charge is 0.266 e. The molecule has 1 aliphatic rings. The van der Waals surface area contributed by atoms with Crippen molar-refractivity contribution in [1.29, 1.82) is 5.26 Å². The van der Waals surface area contributed by atoms with E-state index in [0.29, 0.717) is 30.4 Å². The average Bonchev–Trinajstić information content (AvgIpc) is 2.71. The lowest BCUT2D eigenvalue weighted by Gasteiger charge is -2.09. The molecular formula is C15H12N2O3. The molecule has 20 heavy (non-hydrogen) atoms. The van der Waals surface area contributed by atoms with Crippen molar-refractivity contribution in [1.82, 2.24) is 4.98 Å². The third-order valence-electron chi connectivity index (χ3n) is 3.09. The lowest BCUT2D eigenvalue weighted by Crippen LogP contribution is -2.10. The molecule has 1 aromatic carbocycles. The first-order valence-electron chi connectivity index (χ1n) is 6.31. The van der Waals surface area contributed by atoms with Crippen LogP contribution in [-0.2, 0) is 0 Å². The molecule has 2 heterocycles. The van der Waals surface area contributed by atoms with Crippen LogP contribution >= 0.6 is 0 Å². The van der Waals surface area contributed by atoms with E-state index in [2.05, 4.69) is 4.98 Å². The standard InChI is InChI=1S/C15H12N2O3/c16-9-11-2-4-12(17-15(11)18)10-3-5-13-14(8-10)20-7-1-6-19-13/h2-5,8H,1,6-7H2,(H,17,18). The predicted octanol–water partition coefficient (Wildman–Crippen LogP) is 2.07. The van der Waals surface area contributed by atoms with E-state index >= 15 is 0 Å². The quantitative estimate of drug-likeness (QED) is 0.859. The molecule has 5 heteroatoms. The van der Waals surface area contributed by atoms with Gasteiger partial charge in [0, 0.05) is 17.7 Å². The van der Waals surface area contributed by atoms with Crippen LogP contribution in [0.2, 0.25) is 0 Å². The van der Waals surface area contributed by atoms with Crippen molar-refractivity contribution in [3.63, 3.8) is 0 Å². The molecule has 0 unspecified atom stereocenters. The first-order valence-corrected chi connectivity index (χ1v) is 6.31. The van der Waals surface area contributed by atoms with Crippen LogP contribution in [0, 0.1) is 11.3 Å².